The van der Waals surface area contributed by atoms with Crippen molar-refractivity contribution in [2.45, 2.75) is 69.6 Å². The van der Waals surface area contributed by atoms with Gasteiger partial charge in [-0.2, -0.15) is 11.8 Å². The highest BCUT2D eigenvalue weighted by Crippen LogP contribution is 2.47. The Morgan fingerprint density at radius 2 is 2.00 bits per heavy atom. The lowest BCUT2D eigenvalue weighted by molar-refractivity contribution is -0.182. The van der Waals surface area contributed by atoms with Crippen molar-refractivity contribution < 1.29 is 19.4 Å². The molecule has 1 aromatic carbocycles. The van der Waals surface area contributed by atoms with E-state index in [1.165, 1.54) is 11.3 Å². The Labute approximate surface area is 213 Å². The standard InChI is InChI=1S/C24H29Cl2NO4S2/c1-5-16(13-32-24(2,3)4)27-21(18-9-10-19(26)33-18)22(14-7-6-8-15(25)11-14)31-17(23(27)30)12-20(28)29/h6-11,16-17,21-22H,5,12-13H2,1-4H3,(H,28,29)/t16?,17-,21-,22-/m1/s1. The Kier molecular flexibility index (Phi) is 8.78. The Balaban J connectivity index is 2.12. The highest BCUT2D eigenvalue weighted by atomic mass is 35.5. The number of carbonyl (C=O) groups excluding carboxylic acids is 1. The average molecular weight is 531 g/mol. The number of thiophene rings is 1. The Morgan fingerprint density at radius 3 is 2.55 bits per heavy atom. The molecule has 9 heteroatoms. The number of hydrogen-bond acceptors (Lipinski definition) is 5. The summed E-state index contributed by atoms with van der Waals surface area (Å²) < 4.78 is 6.87. The smallest absolute Gasteiger partial charge is 0.306 e. The molecule has 0 aliphatic carbocycles. The minimum atomic E-state index is -1.08. The van der Waals surface area contributed by atoms with Gasteiger partial charge in [-0.15, -0.1) is 11.3 Å². The van der Waals surface area contributed by atoms with Gasteiger partial charge in [0.05, 0.1) is 16.8 Å². The summed E-state index contributed by atoms with van der Waals surface area (Å²) in [5.74, 6) is -0.650. The molecule has 0 bridgehead atoms. The van der Waals surface area contributed by atoms with Crippen molar-refractivity contribution >= 4 is 58.2 Å². The number of amides is 1. The Bertz CT molecular complexity index is 991. The molecule has 3 rings (SSSR count). The first-order valence-corrected chi connectivity index (χ1v) is 13.4. The van der Waals surface area contributed by atoms with E-state index < -0.39 is 30.6 Å². The summed E-state index contributed by atoms with van der Waals surface area (Å²) >= 11 is 15.8. The van der Waals surface area contributed by atoms with Crippen LogP contribution in [0.4, 0.5) is 0 Å². The predicted molar refractivity (Wildman–Crippen MR) is 137 cm³/mol. The second-order valence-electron chi connectivity index (χ2n) is 9.02. The third-order valence-electron chi connectivity index (χ3n) is 5.42. The van der Waals surface area contributed by atoms with E-state index in [0.29, 0.717) is 9.36 Å². The number of morpholine rings is 1. The number of carboxylic acids is 1. The number of aliphatic carboxylic acids is 1. The molecule has 1 aromatic heterocycles. The van der Waals surface area contributed by atoms with Crippen molar-refractivity contribution in [1.29, 1.82) is 0 Å². The lowest BCUT2D eigenvalue weighted by atomic mass is 9.93. The summed E-state index contributed by atoms with van der Waals surface area (Å²) in [4.78, 5) is 28.0. The fourth-order valence-corrected chi connectivity index (χ4v) is 6.39. The molecule has 1 aliphatic rings. The highest BCUT2D eigenvalue weighted by Gasteiger charge is 2.47. The van der Waals surface area contributed by atoms with Gasteiger partial charge in [0.2, 0.25) is 0 Å². The molecule has 0 spiro atoms. The zero-order chi connectivity index (χ0) is 24.3. The van der Waals surface area contributed by atoms with E-state index in [4.69, 9.17) is 27.9 Å². The van der Waals surface area contributed by atoms with E-state index in [1.54, 1.807) is 17.8 Å². The summed E-state index contributed by atoms with van der Waals surface area (Å²) in [6.45, 7) is 8.48. The Morgan fingerprint density at radius 1 is 1.27 bits per heavy atom. The minimum Gasteiger partial charge on any atom is -0.481 e. The van der Waals surface area contributed by atoms with Crippen molar-refractivity contribution in [1.82, 2.24) is 4.90 Å². The molecule has 2 heterocycles. The van der Waals surface area contributed by atoms with E-state index in [2.05, 4.69) is 27.7 Å². The zero-order valence-corrected chi connectivity index (χ0v) is 22.2. The van der Waals surface area contributed by atoms with Crippen molar-refractivity contribution in [3.8, 4) is 0 Å². The van der Waals surface area contributed by atoms with Crippen LogP contribution in [0.15, 0.2) is 36.4 Å². The van der Waals surface area contributed by atoms with Gasteiger partial charge in [-0.1, -0.05) is 63.0 Å². The van der Waals surface area contributed by atoms with Gasteiger partial charge < -0.3 is 14.7 Å². The van der Waals surface area contributed by atoms with Crippen LogP contribution in [0, 0.1) is 0 Å². The summed E-state index contributed by atoms with van der Waals surface area (Å²) in [5.41, 5.74) is 0.795. The quantitative estimate of drug-likeness (QED) is 0.404. The van der Waals surface area contributed by atoms with E-state index in [0.717, 1.165) is 22.6 Å². The van der Waals surface area contributed by atoms with Gasteiger partial charge in [-0.25, -0.2) is 0 Å². The summed E-state index contributed by atoms with van der Waals surface area (Å²) in [7, 11) is 0. The van der Waals surface area contributed by atoms with Crippen LogP contribution in [-0.4, -0.2) is 44.5 Å². The number of rotatable bonds is 8. The van der Waals surface area contributed by atoms with E-state index >= 15 is 0 Å². The summed E-state index contributed by atoms with van der Waals surface area (Å²) in [6.07, 6.45) is -1.32. The van der Waals surface area contributed by atoms with Crippen LogP contribution in [0.1, 0.15) is 63.1 Å². The number of halogens is 2. The van der Waals surface area contributed by atoms with Crippen LogP contribution in [0.3, 0.4) is 0 Å². The van der Waals surface area contributed by atoms with Crippen LogP contribution in [0.5, 0.6) is 0 Å². The van der Waals surface area contributed by atoms with Crippen LogP contribution < -0.4 is 0 Å². The molecule has 5 nitrogen and oxygen atoms in total. The molecule has 1 aliphatic heterocycles. The molecule has 4 atom stereocenters. The fourth-order valence-electron chi connectivity index (χ4n) is 3.92. The van der Waals surface area contributed by atoms with E-state index in [-0.39, 0.29) is 16.7 Å². The minimum absolute atomic E-state index is 0.0251. The third kappa shape index (κ3) is 6.67. The molecular weight excluding hydrogens is 501 g/mol. The largest absolute Gasteiger partial charge is 0.481 e. The molecule has 180 valence electrons. The number of hydrogen-bond donors (Lipinski definition) is 1. The van der Waals surface area contributed by atoms with Gasteiger partial charge in [0.1, 0.15) is 12.2 Å². The number of thioether (sulfide) groups is 1. The zero-order valence-electron chi connectivity index (χ0n) is 19.1. The normalized spacial score (nSPS) is 22.4. The second-order valence-corrected chi connectivity index (χ2v) is 13.0. The first-order chi connectivity index (χ1) is 15.5. The lowest BCUT2D eigenvalue weighted by Gasteiger charge is -2.47. The SMILES string of the molecule is CCC(CSC(C)(C)C)N1C(=O)[C@@H](CC(=O)O)O[C@H](c2cccc(Cl)c2)[C@H]1c1ccc(Cl)s1. The maximum Gasteiger partial charge on any atom is 0.306 e. The molecule has 0 radical (unpaired) electrons. The Hall–Kier alpha value is -1.25. The number of carboxylic acid groups (broad SMARTS) is 1. The fraction of sp³-hybridized carbons (Fsp3) is 0.500. The number of benzene rings is 1. The number of ether oxygens (including phenoxy) is 1. The summed E-state index contributed by atoms with van der Waals surface area (Å²) in [5, 5.41) is 10.0. The average Bonchev–Trinajstić information content (AvgIpc) is 3.15. The van der Waals surface area contributed by atoms with Gasteiger partial charge in [0.25, 0.3) is 5.91 Å². The van der Waals surface area contributed by atoms with Crippen molar-refractivity contribution in [3.05, 3.63) is 56.2 Å². The second kappa shape index (κ2) is 11.0. The van der Waals surface area contributed by atoms with Gasteiger partial charge >= 0.3 is 5.97 Å². The van der Waals surface area contributed by atoms with E-state index in [1.807, 2.05) is 35.2 Å². The van der Waals surface area contributed by atoms with Crippen LogP contribution in [-0.2, 0) is 14.3 Å². The molecule has 1 saturated heterocycles. The molecular formula is C24H29Cl2NO4S2. The first-order valence-electron chi connectivity index (χ1n) is 10.8. The monoisotopic (exact) mass is 529 g/mol. The van der Waals surface area contributed by atoms with E-state index in [9.17, 15) is 14.7 Å². The first kappa shape index (κ1) is 26.4. The van der Waals surface area contributed by atoms with Gasteiger partial charge in [0.15, 0.2) is 0 Å². The molecule has 1 fully saturated rings. The van der Waals surface area contributed by atoms with Crippen molar-refractivity contribution in [2.75, 3.05) is 5.75 Å². The topological polar surface area (TPSA) is 66.8 Å². The molecule has 33 heavy (non-hydrogen) atoms. The van der Waals surface area contributed by atoms with Crippen LogP contribution in [0.2, 0.25) is 9.36 Å². The summed E-state index contributed by atoms with van der Waals surface area (Å²) in [6, 6.07) is 10.5. The van der Waals surface area contributed by atoms with Gasteiger partial charge in [0, 0.05) is 26.4 Å². The maximum atomic E-state index is 13.7. The van der Waals surface area contributed by atoms with Gasteiger partial charge in [-0.05, 0) is 36.2 Å². The van der Waals surface area contributed by atoms with Crippen molar-refractivity contribution in [2.24, 2.45) is 0 Å². The highest BCUT2D eigenvalue weighted by molar-refractivity contribution is 8.00. The number of carbonyl (C=O) groups is 2. The maximum absolute atomic E-state index is 13.7. The lowest BCUT2D eigenvalue weighted by Crippen LogP contribution is -2.55. The molecule has 1 amide bonds. The van der Waals surface area contributed by atoms with Gasteiger partial charge in [-0.3, -0.25) is 9.59 Å². The van der Waals surface area contributed by atoms with Crippen LogP contribution >= 0.6 is 46.3 Å². The third-order valence-corrected chi connectivity index (χ3v) is 8.38. The molecule has 2 aromatic rings. The molecule has 1 N–H and O–H groups in total. The van der Waals surface area contributed by atoms with Crippen LogP contribution in [0.25, 0.3) is 0 Å². The molecule has 0 saturated carbocycles. The molecule has 1 unspecified atom stereocenters. The predicted octanol–water partition coefficient (Wildman–Crippen LogP) is 6.85. The number of nitrogens with zero attached hydrogens (tertiary/aromatic N) is 1. The van der Waals surface area contributed by atoms with Crippen molar-refractivity contribution in [3.63, 3.8) is 0 Å².